The topological polar surface area (TPSA) is 29.3 Å². The van der Waals surface area contributed by atoms with Crippen LogP contribution in [-0.2, 0) is 0 Å². The van der Waals surface area contributed by atoms with E-state index < -0.39 is 0 Å². The normalized spacial score (nSPS) is 13.5. The molecule has 3 nitrogen and oxygen atoms in total. The zero-order valence-electron chi connectivity index (χ0n) is 39.0. The summed E-state index contributed by atoms with van der Waals surface area (Å²) in [6.07, 6.45) is 2.27. The molecule has 0 radical (unpaired) electrons. The van der Waals surface area contributed by atoms with Crippen molar-refractivity contribution in [1.82, 2.24) is 9.88 Å². The van der Waals surface area contributed by atoms with Crippen LogP contribution < -0.4 is 5.32 Å². The van der Waals surface area contributed by atoms with E-state index in [2.05, 4.69) is 283 Å². The molecule has 11 aromatic carbocycles. The lowest BCUT2D eigenvalue weighted by molar-refractivity contribution is 0.781. The summed E-state index contributed by atoms with van der Waals surface area (Å²) in [5.74, 6) is 0.836. The van der Waals surface area contributed by atoms with Crippen molar-refractivity contribution < 1.29 is 0 Å². The van der Waals surface area contributed by atoms with E-state index in [1.807, 2.05) is 0 Å². The maximum atomic E-state index is 5.38. The average Bonchev–Trinajstić information content (AvgIpc) is 3.80. The first-order chi connectivity index (χ1) is 35.2. The maximum absolute atomic E-state index is 5.38. The monoisotopic (exact) mass is 905 g/mol. The van der Waals surface area contributed by atoms with Gasteiger partial charge in [-0.15, -0.1) is 0 Å². The molecule has 13 rings (SSSR count). The van der Waals surface area contributed by atoms with Gasteiger partial charge in [-0.05, 0) is 126 Å². The second kappa shape index (κ2) is 18.0. The summed E-state index contributed by atoms with van der Waals surface area (Å²) in [5.41, 5.74) is 19.6. The van der Waals surface area contributed by atoms with Crippen LogP contribution in [0.5, 0.6) is 0 Å². The Labute approximate surface area is 414 Å². The molecule has 1 atom stereocenters. The third kappa shape index (κ3) is 8.00. The summed E-state index contributed by atoms with van der Waals surface area (Å²) in [7, 11) is 0. The fourth-order valence-electron chi connectivity index (χ4n) is 10.5. The number of aromatic nitrogens is 1. The van der Waals surface area contributed by atoms with Crippen molar-refractivity contribution in [2.45, 2.75) is 6.04 Å². The molecule has 1 N–H and O–H groups in total. The molecular formula is C68H47N3. The number of hydrogen-bond donors (Lipinski definition) is 1. The van der Waals surface area contributed by atoms with Crippen LogP contribution in [0.25, 0.3) is 99.6 Å². The lowest BCUT2D eigenvalue weighted by Crippen LogP contribution is -2.31. The van der Waals surface area contributed by atoms with Crippen LogP contribution in [0.15, 0.2) is 278 Å². The van der Waals surface area contributed by atoms with Crippen molar-refractivity contribution in [2.75, 3.05) is 0 Å². The van der Waals surface area contributed by atoms with Crippen molar-refractivity contribution in [3.8, 4) is 61.3 Å². The first kappa shape index (κ1) is 41.8. The lowest BCUT2D eigenvalue weighted by Gasteiger charge is -2.25. The van der Waals surface area contributed by atoms with Crippen LogP contribution in [0.3, 0.4) is 0 Å². The molecule has 334 valence electrons. The van der Waals surface area contributed by atoms with E-state index in [1.54, 1.807) is 0 Å². The number of nitrogens with one attached hydrogen (secondary N) is 1. The van der Waals surface area contributed by atoms with E-state index in [1.165, 1.54) is 77.1 Å². The Morgan fingerprint density at radius 2 is 0.789 bits per heavy atom. The fraction of sp³-hybridized carbons (Fsp3) is 0.0147. The molecule has 0 aliphatic carbocycles. The second-order valence-corrected chi connectivity index (χ2v) is 18.4. The van der Waals surface area contributed by atoms with E-state index >= 15 is 0 Å². The van der Waals surface area contributed by atoms with Gasteiger partial charge in [0.1, 0.15) is 5.84 Å². The smallest absolute Gasteiger partial charge is 0.134 e. The number of benzene rings is 11. The number of amidine groups is 1. The minimum atomic E-state index is -0.127. The largest absolute Gasteiger partial charge is 0.359 e. The summed E-state index contributed by atoms with van der Waals surface area (Å²) in [5, 5.41) is 8.86. The molecule has 0 bridgehead atoms. The Balaban J connectivity index is 0.842. The number of rotatable bonds is 9. The van der Waals surface area contributed by atoms with E-state index in [9.17, 15) is 0 Å². The van der Waals surface area contributed by atoms with E-state index in [4.69, 9.17) is 4.99 Å². The zero-order chi connectivity index (χ0) is 47.1. The van der Waals surface area contributed by atoms with E-state index in [-0.39, 0.29) is 6.04 Å². The number of aliphatic imine (C=N–C) groups is 1. The summed E-state index contributed by atoms with van der Waals surface area (Å²) in [4.78, 5) is 5.38. The summed E-state index contributed by atoms with van der Waals surface area (Å²) in [6.45, 7) is 0. The Hall–Kier alpha value is -9.31. The van der Waals surface area contributed by atoms with Crippen molar-refractivity contribution in [3.05, 3.63) is 290 Å². The number of fused-ring (bicyclic) bond motifs is 4. The maximum Gasteiger partial charge on any atom is 0.134 e. The van der Waals surface area contributed by atoms with Gasteiger partial charge in [0.15, 0.2) is 0 Å². The van der Waals surface area contributed by atoms with Gasteiger partial charge < -0.3 is 9.88 Å². The summed E-state index contributed by atoms with van der Waals surface area (Å²) >= 11 is 0. The van der Waals surface area contributed by atoms with Crippen LogP contribution in [-0.4, -0.2) is 10.4 Å². The van der Waals surface area contributed by atoms with Crippen molar-refractivity contribution >= 4 is 44.1 Å². The Morgan fingerprint density at radius 3 is 1.46 bits per heavy atom. The highest BCUT2D eigenvalue weighted by Gasteiger charge is 2.21. The van der Waals surface area contributed by atoms with E-state index in [0.29, 0.717) is 0 Å². The molecule has 2 heterocycles. The quantitative estimate of drug-likeness (QED) is 0.154. The van der Waals surface area contributed by atoms with Crippen molar-refractivity contribution in [3.63, 3.8) is 0 Å². The predicted molar refractivity (Wildman–Crippen MR) is 299 cm³/mol. The fourth-order valence-corrected chi connectivity index (χ4v) is 10.5. The Morgan fingerprint density at radius 1 is 0.324 bits per heavy atom. The zero-order valence-corrected chi connectivity index (χ0v) is 39.0. The van der Waals surface area contributed by atoms with Gasteiger partial charge in [-0.25, -0.2) is 4.99 Å². The van der Waals surface area contributed by atoms with Crippen molar-refractivity contribution in [1.29, 1.82) is 0 Å². The first-order valence-electron chi connectivity index (χ1n) is 24.4. The molecule has 0 spiro atoms. The Bertz CT molecular complexity index is 3950. The Kier molecular flexibility index (Phi) is 10.6. The molecule has 0 saturated carbocycles. The SMILES string of the molecule is C1=C(c2ccc(-c3cccc(-c4cccc(-c5ccccc5)c4)c3)cc2)N=C(c2ccc(-c3cccc(-n4c5ccccc5c5ccccc54)c3)cc2)NC1c1cccc(-c2cccc3ccccc23)c1. The molecular weight excluding hydrogens is 859 g/mol. The number of hydrogen-bond acceptors (Lipinski definition) is 2. The lowest BCUT2D eigenvalue weighted by atomic mass is 9.93. The summed E-state index contributed by atoms with van der Waals surface area (Å²) < 4.78 is 2.38. The van der Waals surface area contributed by atoms with E-state index in [0.717, 1.165) is 45.0 Å². The van der Waals surface area contributed by atoms with Gasteiger partial charge in [0, 0.05) is 22.0 Å². The second-order valence-electron chi connectivity index (χ2n) is 18.4. The standard InChI is InChI=1S/C68H47N3/c1-2-15-46(16-3-1)52-19-10-21-54(41-52)55-22-11-20-53(42-55)47-33-37-50(38-34-47)64-45-65(58-25-12-24-57(43-58)61-30-14-18-49-17-4-5-27-60(49)61)70-68(69-64)51-39-35-48(36-40-51)56-23-13-26-59(44-56)71-66-31-8-6-28-62(66)63-29-7-9-32-67(63)71/h1-45,65H,(H,69,70). The highest BCUT2D eigenvalue weighted by atomic mass is 15.0. The minimum Gasteiger partial charge on any atom is -0.359 e. The van der Waals surface area contributed by atoms with Crippen LogP contribution >= 0.6 is 0 Å². The van der Waals surface area contributed by atoms with Gasteiger partial charge >= 0.3 is 0 Å². The van der Waals surface area contributed by atoms with Gasteiger partial charge in [-0.3, -0.25) is 0 Å². The van der Waals surface area contributed by atoms with Gasteiger partial charge in [-0.2, -0.15) is 0 Å². The molecule has 0 saturated heterocycles. The van der Waals surface area contributed by atoms with Crippen molar-refractivity contribution in [2.24, 2.45) is 4.99 Å². The van der Waals surface area contributed by atoms with Crippen LogP contribution in [0.1, 0.15) is 22.7 Å². The van der Waals surface area contributed by atoms with Crippen LogP contribution in [0, 0.1) is 0 Å². The predicted octanol–water partition coefficient (Wildman–Crippen LogP) is 17.4. The molecule has 1 aliphatic rings. The molecule has 1 aliphatic heterocycles. The third-order valence-electron chi connectivity index (χ3n) is 14.1. The molecule has 12 aromatic rings. The molecule has 0 amide bonds. The number of para-hydroxylation sites is 2. The number of nitrogens with zero attached hydrogens (tertiary/aromatic N) is 2. The first-order valence-corrected chi connectivity index (χ1v) is 24.4. The molecule has 0 fully saturated rings. The minimum absolute atomic E-state index is 0.127. The third-order valence-corrected chi connectivity index (χ3v) is 14.1. The van der Waals surface area contributed by atoms with Gasteiger partial charge in [0.2, 0.25) is 0 Å². The van der Waals surface area contributed by atoms with Gasteiger partial charge in [0.25, 0.3) is 0 Å². The summed E-state index contributed by atoms with van der Waals surface area (Å²) in [6, 6.07) is 96.2. The van der Waals surface area contributed by atoms with Gasteiger partial charge in [0.05, 0.1) is 22.8 Å². The highest BCUT2D eigenvalue weighted by Crippen LogP contribution is 2.37. The van der Waals surface area contributed by atoms with Gasteiger partial charge in [-0.1, -0.05) is 224 Å². The molecule has 71 heavy (non-hydrogen) atoms. The average molecular weight is 906 g/mol. The van der Waals surface area contributed by atoms with Crippen LogP contribution in [0.4, 0.5) is 0 Å². The molecule has 3 heteroatoms. The van der Waals surface area contributed by atoms with Crippen LogP contribution in [0.2, 0.25) is 0 Å². The molecule has 1 unspecified atom stereocenters. The molecule has 1 aromatic heterocycles. The highest BCUT2D eigenvalue weighted by molar-refractivity contribution is 6.09.